The van der Waals surface area contributed by atoms with Crippen molar-refractivity contribution in [2.45, 2.75) is 33.1 Å². The summed E-state index contributed by atoms with van der Waals surface area (Å²) in [5, 5.41) is 22.3. The highest BCUT2D eigenvalue weighted by Crippen LogP contribution is 2.41. The van der Waals surface area contributed by atoms with Crippen molar-refractivity contribution < 1.29 is 10.0 Å². The molecule has 0 spiro atoms. The summed E-state index contributed by atoms with van der Waals surface area (Å²) in [6.45, 7) is 5.70. The first kappa shape index (κ1) is 15.7. The zero-order chi connectivity index (χ0) is 16.6. The van der Waals surface area contributed by atoms with E-state index in [1.54, 1.807) is 24.3 Å². The lowest BCUT2D eigenvalue weighted by Crippen LogP contribution is -2.29. The summed E-state index contributed by atoms with van der Waals surface area (Å²) in [5.74, 6) is -0.306. The van der Waals surface area contributed by atoms with Gasteiger partial charge in [-0.3, -0.25) is 10.1 Å². The predicted octanol–water partition coefficient (Wildman–Crippen LogP) is 4.03. The number of nitrogens with zero attached hydrogens (tertiary/aromatic N) is 3. The molecular weight excluding hydrogens is 314 g/mol. The van der Waals surface area contributed by atoms with E-state index in [2.05, 4.69) is 9.88 Å². The topological polar surface area (TPSA) is 79.5 Å². The molecule has 6 nitrogen and oxygen atoms in total. The summed E-state index contributed by atoms with van der Waals surface area (Å²) >= 11 is 1.58. The van der Waals surface area contributed by atoms with E-state index in [1.165, 1.54) is 12.5 Å². The molecule has 1 N–H and O–H groups in total. The van der Waals surface area contributed by atoms with E-state index in [0.29, 0.717) is 11.3 Å². The third kappa shape index (κ3) is 3.01. The molecule has 1 aliphatic heterocycles. The van der Waals surface area contributed by atoms with Crippen LogP contribution in [0.4, 0.5) is 10.8 Å². The van der Waals surface area contributed by atoms with Crippen molar-refractivity contribution in [2.75, 3.05) is 18.0 Å². The van der Waals surface area contributed by atoms with Crippen molar-refractivity contribution >= 4 is 22.2 Å². The fraction of sp³-hybridized carbons (Fsp3) is 0.438. The van der Waals surface area contributed by atoms with Gasteiger partial charge in [0.1, 0.15) is 0 Å². The van der Waals surface area contributed by atoms with Gasteiger partial charge in [0.15, 0.2) is 5.13 Å². The van der Waals surface area contributed by atoms with Gasteiger partial charge in [0, 0.05) is 24.0 Å². The number of rotatable bonds is 3. The van der Waals surface area contributed by atoms with Crippen molar-refractivity contribution in [1.29, 1.82) is 0 Å². The first-order chi connectivity index (χ1) is 11.0. The smallest absolute Gasteiger partial charge is 0.311 e. The number of hydrogen-bond acceptors (Lipinski definition) is 6. The number of phenols is 1. The monoisotopic (exact) mass is 333 g/mol. The summed E-state index contributed by atoms with van der Waals surface area (Å²) in [4.78, 5) is 18.4. The van der Waals surface area contributed by atoms with Crippen LogP contribution >= 0.6 is 11.3 Å². The Labute approximate surface area is 138 Å². The maximum atomic E-state index is 11.1. The molecule has 1 aromatic heterocycles. The molecule has 1 saturated heterocycles. The standard InChI is InChI=1S/C16H19N3O3S/c1-10-8-12(15(20)13(9-10)19(21)22)14-11(2)23-16(17-14)18-6-4-3-5-7-18/h8-9,20H,3-7H2,1-2H3. The molecule has 1 fully saturated rings. The van der Waals surface area contributed by atoms with Crippen molar-refractivity contribution in [2.24, 2.45) is 0 Å². The molecule has 7 heteroatoms. The Morgan fingerprint density at radius 3 is 2.61 bits per heavy atom. The summed E-state index contributed by atoms with van der Waals surface area (Å²) < 4.78 is 0. The van der Waals surface area contributed by atoms with Gasteiger partial charge in [-0.25, -0.2) is 4.98 Å². The lowest BCUT2D eigenvalue weighted by molar-refractivity contribution is -0.385. The Morgan fingerprint density at radius 2 is 1.96 bits per heavy atom. The Balaban J connectivity index is 2.05. The van der Waals surface area contributed by atoms with Crippen LogP contribution in [-0.2, 0) is 0 Å². The highest BCUT2D eigenvalue weighted by molar-refractivity contribution is 7.16. The van der Waals surface area contributed by atoms with Crippen LogP contribution in [0.15, 0.2) is 12.1 Å². The number of benzene rings is 1. The van der Waals surface area contributed by atoms with E-state index in [9.17, 15) is 15.2 Å². The highest BCUT2D eigenvalue weighted by atomic mass is 32.1. The van der Waals surface area contributed by atoms with Crippen LogP contribution in [0, 0.1) is 24.0 Å². The predicted molar refractivity (Wildman–Crippen MR) is 91.4 cm³/mol. The fourth-order valence-corrected chi connectivity index (χ4v) is 3.91. The second-order valence-electron chi connectivity index (χ2n) is 5.89. The molecule has 0 bridgehead atoms. The Bertz CT molecular complexity index is 751. The normalized spacial score (nSPS) is 15.0. The number of nitro benzene ring substituents is 1. The van der Waals surface area contributed by atoms with Gasteiger partial charge >= 0.3 is 5.69 Å². The number of aryl methyl sites for hydroxylation is 2. The zero-order valence-corrected chi connectivity index (χ0v) is 14.0. The Morgan fingerprint density at radius 1 is 1.26 bits per heavy atom. The quantitative estimate of drug-likeness (QED) is 0.677. The second-order valence-corrected chi connectivity index (χ2v) is 7.07. The van der Waals surface area contributed by atoms with E-state index in [0.717, 1.165) is 41.5 Å². The summed E-state index contributed by atoms with van der Waals surface area (Å²) in [5.41, 5.74) is 1.54. The minimum atomic E-state index is -0.556. The number of anilines is 1. The first-order valence-corrected chi connectivity index (χ1v) is 8.50. The molecule has 1 aromatic carbocycles. The van der Waals surface area contributed by atoms with Crippen molar-refractivity contribution in [3.8, 4) is 17.0 Å². The van der Waals surface area contributed by atoms with Crippen LogP contribution in [0.25, 0.3) is 11.3 Å². The molecule has 0 amide bonds. The molecule has 0 radical (unpaired) electrons. The average molecular weight is 333 g/mol. The minimum Gasteiger partial charge on any atom is -0.502 e. The molecule has 2 heterocycles. The summed E-state index contributed by atoms with van der Waals surface area (Å²) in [6, 6.07) is 3.14. The zero-order valence-electron chi connectivity index (χ0n) is 13.2. The second kappa shape index (κ2) is 6.16. The number of nitro groups is 1. The Hall–Kier alpha value is -2.15. The number of piperidine rings is 1. The molecule has 0 saturated carbocycles. The molecule has 1 aliphatic rings. The first-order valence-electron chi connectivity index (χ1n) is 7.68. The molecule has 3 rings (SSSR count). The van der Waals surface area contributed by atoms with Gasteiger partial charge in [0.05, 0.1) is 16.2 Å². The van der Waals surface area contributed by atoms with Gasteiger partial charge in [-0.2, -0.15) is 0 Å². The van der Waals surface area contributed by atoms with Crippen molar-refractivity contribution in [3.05, 3.63) is 32.7 Å². The molecule has 0 unspecified atom stereocenters. The average Bonchev–Trinajstić information content (AvgIpc) is 2.91. The molecule has 23 heavy (non-hydrogen) atoms. The molecule has 2 aromatic rings. The summed E-state index contributed by atoms with van der Waals surface area (Å²) in [6.07, 6.45) is 3.57. The van der Waals surface area contributed by atoms with Gasteiger partial charge < -0.3 is 10.0 Å². The highest BCUT2D eigenvalue weighted by Gasteiger charge is 2.24. The van der Waals surface area contributed by atoms with Gasteiger partial charge in [0.2, 0.25) is 5.75 Å². The van der Waals surface area contributed by atoms with Crippen LogP contribution in [0.2, 0.25) is 0 Å². The number of phenolic OH excluding ortho intramolecular Hbond substituents is 1. The number of hydrogen-bond donors (Lipinski definition) is 1. The molecule has 122 valence electrons. The lowest BCUT2D eigenvalue weighted by atomic mass is 10.1. The largest absolute Gasteiger partial charge is 0.502 e. The maximum absolute atomic E-state index is 11.1. The van der Waals surface area contributed by atoms with E-state index in [-0.39, 0.29) is 11.4 Å². The molecular formula is C16H19N3O3S. The van der Waals surface area contributed by atoms with Gasteiger partial charge in [0.25, 0.3) is 0 Å². The van der Waals surface area contributed by atoms with E-state index < -0.39 is 4.92 Å². The van der Waals surface area contributed by atoms with E-state index in [4.69, 9.17) is 0 Å². The third-order valence-electron chi connectivity index (χ3n) is 4.10. The van der Waals surface area contributed by atoms with Crippen LogP contribution in [0.5, 0.6) is 5.75 Å². The third-order valence-corrected chi connectivity index (χ3v) is 5.13. The number of thiazole rings is 1. The lowest BCUT2D eigenvalue weighted by Gasteiger charge is -2.25. The van der Waals surface area contributed by atoms with Crippen LogP contribution in [-0.4, -0.2) is 28.1 Å². The fourth-order valence-electron chi connectivity index (χ4n) is 2.93. The van der Waals surface area contributed by atoms with E-state index in [1.807, 2.05) is 6.92 Å². The van der Waals surface area contributed by atoms with Crippen LogP contribution in [0.1, 0.15) is 29.7 Å². The van der Waals surface area contributed by atoms with Crippen molar-refractivity contribution in [1.82, 2.24) is 4.98 Å². The van der Waals surface area contributed by atoms with Gasteiger partial charge in [-0.05, 0) is 44.7 Å². The Kier molecular flexibility index (Phi) is 4.21. The SMILES string of the molecule is Cc1cc(-c2nc(N3CCCCC3)sc2C)c(O)c([N+](=O)[O-])c1. The van der Waals surface area contributed by atoms with Crippen LogP contribution in [0.3, 0.4) is 0 Å². The summed E-state index contributed by atoms with van der Waals surface area (Å²) in [7, 11) is 0. The molecule has 0 aliphatic carbocycles. The maximum Gasteiger partial charge on any atom is 0.311 e. The number of aromatic nitrogens is 1. The van der Waals surface area contributed by atoms with Gasteiger partial charge in [-0.15, -0.1) is 11.3 Å². The number of aromatic hydroxyl groups is 1. The van der Waals surface area contributed by atoms with Crippen molar-refractivity contribution in [3.63, 3.8) is 0 Å². The van der Waals surface area contributed by atoms with E-state index >= 15 is 0 Å². The molecule has 0 atom stereocenters. The minimum absolute atomic E-state index is 0.271. The van der Waals surface area contributed by atoms with Crippen LogP contribution < -0.4 is 4.90 Å². The van der Waals surface area contributed by atoms with Gasteiger partial charge in [-0.1, -0.05) is 0 Å².